The molecule has 1 aliphatic carbocycles. The van der Waals surface area contributed by atoms with E-state index in [0.717, 1.165) is 17.8 Å². The first kappa shape index (κ1) is 13.2. The number of amides is 1. The second kappa shape index (κ2) is 5.59. The lowest BCUT2D eigenvalue weighted by Gasteiger charge is -2.21. The van der Waals surface area contributed by atoms with Crippen molar-refractivity contribution in [2.24, 2.45) is 5.73 Å². The zero-order chi connectivity index (χ0) is 13.1. The van der Waals surface area contributed by atoms with Gasteiger partial charge in [0.05, 0.1) is 6.54 Å². The molecule has 1 aromatic carbocycles. The fourth-order valence-electron chi connectivity index (χ4n) is 1.93. The van der Waals surface area contributed by atoms with Crippen LogP contribution in [0.5, 0.6) is 0 Å². The molecule has 18 heavy (non-hydrogen) atoms. The lowest BCUT2D eigenvalue weighted by molar-refractivity contribution is -0.116. The first-order valence-electron chi connectivity index (χ1n) is 6.07. The van der Waals surface area contributed by atoms with Crippen LogP contribution in [0, 0.1) is 0 Å². The second-order valence-electron chi connectivity index (χ2n) is 4.75. The van der Waals surface area contributed by atoms with Crippen molar-refractivity contribution in [1.82, 2.24) is 5.32 Å². The van der Waals surface area contributed by atoms with Gasteiger partial charge >= 0.3 is 0 Å². The van der Waals surface area contributed by atoms with E-state index in [9.17, 15) is 4.79 Å². The number of likely N-dealkylation sites (N-methyl/N-ethyl adjacent to an activating group) is 1. The van der Waals surface area contributed by atoms with Crippen molar-refractivity contribution in [3.63, 3.8) is 0 Å². The van der Waals surface area contributed by atoms with E-state index < -0.39 is 0 Å². The zero-order valence-corrected chi connectivity index (χ0v) is 11.2. The largest absolute Gasteiger partial charge is 0.368 e. The van der Waals surface area contributed by atoms with Gasteiger partial charge in [-0.15, -0.1) is 0 Å². The number of halogens is 1. The molecule has 98 valence electrons. The summed E-state index contributed by atoms with van der Waals surface area (Å²) in [5.74, 6) is -0.339. The number of benzene rings is 1. The molecule has 2 rings (SSSR count). The van der Waals surface area contributed by atoms with Gasteiger partial charge in [-0.3, -0.25) is 4.79 Å². The van der Waals surface area contributed by atoms with Crippen LogP contribution in [0.1, 0.15) is 18.4 Å². The molecule has 0 bridgehead atoms. The number of anilines is 1. The minimum absolute atomic E-state index is 0.206. The summed E-state index contributed by atoms with van der Waals surface area (Å²) in [6.45, 7) is 0.974. The van der Waals surface area contributed by atoms with Crippen LogP contribution in [0.15, 0.2) is 18.2 Å². The maximum atomic E-state index is 11.0. The Kier molecular flexibility index (Phi) is 4.09. The van der Waals surface area contributed by atoms with E-state index in [4.69, 9.17) is 17.3 Å². The van der Waals surface area contributed by atoms with Crippen LogP contribution in [0.4, 0.5) is 5.69 Å². The van der Waals surface area contributed by atoms with Crippen molar-refractivity contribution in [3.05, 3.63) is 28.8 Å². The third-order valence-electron chi connectivity index (χ3n) is 3.00. The summed E-state index contributed by atoms with van der Waals surface area (Å²) in [6, 6.07) is 6.33. The molecule has 4 nitrogen and oxygen atoms in total. The molecule has 0 aromatic heterocycles. The topological polar surface area (TPSA) is 58.4 Å². The van der Waals surface area contributed by atoms with E-state index in [1.165, 1.54) is 12.8 Å². The lowest BCUT2D eigenvalue weighted by Crippen LogP contribution is -2.31. The van der Waals surface area contributed by atoms with Crippen LogP contribution in [0.3, 0.4) is 0 Å². The summed E-state index contributed by atoms with van der Waals surface area (Å²) in [5, 5.41) is 4.15. The lowest BCUT2D eigenvalue weighted by atomic mass is 10.1. The number of carbonyl (C=O) groups is 1. The van der Waals surface area contributed by atoms with Gasteiger partial charge in [-0.2, -0.15) is 0 Å². The molecule has 0 saturated heterocycles. The second-order valence-corrected chi connectivity index (χ2v) is 5.19. The monoisotopic (exact) mass is 267 g/mol. The van der Waals surface area contributed by atoms with E-state index in [1.54, 1.807) is 0 Å². The molecule has 1 saturated carbocycles. The Morgan fingerprint density at radius 1 is 1.56 bits per heavy atom. The van der Waals surface area contributed by atoms with Crippen LogP contribution in [-0.2, 0) is 11.3 Å². The van der Waals surface area contributed by atoms with Crippen LogP contribution < -0.4 is 16.0 Å². The SMILES string of the molecule is CN(CC(N)=O)c1ccc(Cl)cc1CNC1CC1. The van der Waals surface area contributed by atoms with Gasteiger partial charge in [0.2, 0.25) is 5.91 Å². The number of hydrogen-bond acceptors (Lipinski definition) is 3. The molecule has 5 heteroatoms. The Morgan fingerprint density at radius 3 is 2.89 bits per heavy atom. The molecule has 1 fully saturated rings. The predicted molar refractivity (Wildman–Crippen MR) is 73.8 cm³/mol. The number of nitrogens with one attached hydrogen (secondary N) is 1. The average molecular weight is 268 g/mol. The zero-order valence-electron chi connectivity index (χ0n) is 10.4. The Labute approximate surface area is 112 Å². The minimum atomic E-state index is -0.339. The number of hydrogen-bond donors (Lipinski definition) is 2. The van der Waals surface area contributed by atoms with E-state index in [2.05, 4.69) is 5.32 Å². The fourth-order valence-corrected chi connectivity index (χ4v) is 2.12. The molecule has 1 amide bonds. The third kappa shape index (κ3) is 3.62. The summed E-state index contributed by atoms with van der Waals surface area (Å²) < 4.78 is 0. The Bertz CT molecular complexity index is 446. The quantitative estimate of drug-likeness (QED) is 0.822. The molecule has 0 atom stereocenters. The van der Waals surface area contributed by atoms with Crippen LogP contribution in [-0.4, -0.2) is 25.5 Å². The summed E-state index contributed by atoms with van der Waals surface area (Å²) >= 11 is 6.02. The van der Waals surface area contributed by atoms with Crippen molar-refractivity contribution in [3.8, 4) is 0 Å². The van der Waals surface area contributed by atoms with Crippen molar-refractivity contribution in [1.29, 1.82) is 0 Å². The molecular formula is C13H18ClN3O. The van der Waals surface area contributed by atoms with Crippen molar-refractivity contribution in [2.75, 3.05) is 18.5 Å². The summed E-state index contributed by atoms with van der Waals surface area (Å²) in [6.07, 6.45) is 2.49. The molecule has 1 aromatic rings. The van der Waals surface area contributed by atoms with Crippen molar-refractivity contribution < 1.29 is 4.79 Å². The molecule has 3 N–H and O–H groups in total. The van der Waals surface area contributed by atoms with Crippen LogP contribution >= 0.6 is 11.6 Å². The summed E-state index contributed by atoms with van der Waals surface area (Å²) in [7, 11) is 1.86. The Hall–Kier alpha value is -1.26. The molecule has 0 radical (unpaired) electrons. The first-order valence-corrected chi connectivity index (χ1v) is 6.45. The number of primary amides is 1. The molecule has 0 spiro atoms. The summed E-state index contributed by atoms with van der Waals surface area (Å²) in [5.41, 5.74) is 7.31. The number of nitrogens with zero attached hydrogens (tertiary/aromatic N) is 1. The maximum Gasteiger partial charge on any atom is 0.236 e. The Balaban J connectivity index is 2.12. The Morgan fingerprint density at radius 2 is 2.28 bits per heavy atom. The van der Waals surface area contributed by atoms with Gasteiger partial charge < -0.3 is 16.0 Å². The predicted octanol–water partition coefficient (Wildman–Crippen LogP) is 1.51. The molecule has 0 unspecified atom stereocenters. The first-order chi connectivity index (χ1) is 8.56. The number of rotatable bonds is 6. The van der Waals surface area contributed by atoms with E-state index in [0.29, 0.717) is 11.1 Å². The fraction of sp³-hybridized carbons (Fsp3) is 0.462. The van der Waals surface area contributed by atoms with Gasteiger partial charge in [-0.25, -0.2) is 0 Å². The maximum absolute atomic E-state index is 11.0. The van der Waals surface area contributed by atoms with Gasteiger partial charge in [0.15, 0.2) is 0 Å². The van der Waals surface area contributed by atoms with E-state index in [-0.39, 0.29) is 12.5 Å². The molecular weight excluding hydrogens is 250 g/mol. The van der Waals surface area contributed by atoms with Gasteiger partial charge in [0, 0.05) is 30.3 Å². The van der Waals surface area contributed by atoms with Gasteiger partial charge in [0.1, 0.15) is 0 Å². The van der Waals surface area contributed by atoms with E-state index in [1.807, 2.05) is 30.1 Å². The number of nitrogens with two attached hydrogens (primary N) is 1. The van der Waals surface area contributed by atoms with Gasteiger partial charge in [-0.05, 0) is 36.6 Å². The highest BCUT2D eigenvalue weighted by Gasteiger charge is 2.21. The third-order valence-corrected chi connectivity index (χ3v) is 3.24. The number of carbonyl (C=O) groups excluding carboxylic acids is 1. The highest BCUT2D eigenvalue weighted by atomic mass is 35.5. The van der Waals surface area contributed by atoms with Crippen molar-refractivity contribution >= 4 is 23.2 Å². The smallest absolute Gasteiger partial charge is 0.236 e. The minimum Gasteiger partial charge on any atom is -0.368 e. The van der Waals surface area contributed by atoms with Crippen LogP contribution in [0.25, 0.3) is 0 Å². The average Bonchev–Trinajstić information content (AvgIpc) is 3.09. The highest BCUT2D eigenvalue weighted by molar-refractivity contribution is 6.30. The van der Waals surface area contributed by atoms with Gasteiger partial charge in [-0.1, -0.05) is 11.6 Å². The highest BCUT2D eigenvalue weighted by Crippen LogP contribution is 2.25. The molecule has 0 heterocycles. The van der Waals surface area contributed by atoms with Gasteiger partial charge in [0.25, 0.3) is 0 Å². The van der Waals surface area contributed by atoms with E-state index >= 15 is 0 Å². The summed E-state index contributed by atoms with van der Waals surface area (Å²) in [4.78, 5) is 12.8. The normalized spacial score (nSPS) is 14.6. The molecule has 1 aliphatic rings. The standard InChI is InChI=1S/C13H18ClN3O/c1-17(8-13(15)18)12-5-2-10(14)6-9(12)7-16-11-3-4-11/h2,5-6,11,16H,3-4,7-8H2,1H3,(H2,15,18). The van der Waals surface area contributed by atoms with Crippen molar-refractivity contribution in [2.45, 2.75) is 25.4 Å². The van der Waals surface area contributed by atoms with Crippen LogP contribution in [0.2, 0.25) is 5.02 Å². The molecule has 0 aliphatic heterocycles.